The summed E-state index contributed by atoms with van der Waals surface area (Å²) >= 11 is 0. The highest BCUT2D eigenvalue weighted by molar-refractivity contribution is 5.94. The van der Waals surface area contributed by atoms with Crippen LogP contribution in [0.2, 0.25) is 0 Å². The Balaban J connectivity index is 0.00000200. The molecular weight excluding hydrogens is 274 g/mol. The van der Waals surface area contributed by atoms with E-state index in [0.717, 1.165) is 12.1 Å². The smallest absolute Gasteiger partial charge is 0.253 e. The fraction of sp³-hybridized carbons (Fsp3) is 0.600. The standard InChI is InChI=1S/C15H23N3O.ClH/c1-11-5-3-4-6-14(11)18(2)15(19)12-7-8-17-13(9-12)10-16;/h7-9,11,14H,3-6,10,16H2,1-2H3;1H. The Bertz CT molecular complexity index is 452. The van der Waals surface area contributed by atoms with E-state index >= 15 is 0 Å². The molecule has 0 aliphatic heterocycles. The quantitative estimate of drug-likeness (QED) is 0.933. The first-order chi connectivity index (χ1) is 9.13. The molecule has 2 atom stereocenters. The lowest BCUT2D eigenvalue weighted by molar-refractivity contribution is 0.0628. The van der Waals surface area contributed by atoms with Crippen molar-refractivity contribution in [2.75, 3.05) is 7.05 Å². The van der Waals surface area contributed by atoms with Gasteiger partial charge in [0.05, 0.1) is 5.69 Å². The molecule has 2 N–H and O–H groups in total. The molecule has 0 saturated heterocycles. The predicted octanol–water partition coefficient (Wildman–Crippen LogP) is 2.61. The Hall–Kier alpha value is -1.13. The third-order valence-electron chi connectivity index (χ3n) is 4.16. The van der Waals surface area contributed by atoms with Gasteiger partial charge in [-0.25, -0.2) is 0 Å². The third kappa shape index (κ3) is 3.70. The topological polar surface area (TPSA) is 59.2 Å². The van der Waals surface area contributed by atoms with Gasteiger partial charge in [0.15, 0.2) is 0 Å². The number of aromatic nitrogens is 1. The monoisotopic (exact) mass is 297 g/mol. The average Bonchev–Trinajstić information content (AvgIpc) is 2.46. The van der Waals surface area contributed by atoms with Gasteiger partial charge in [0, 0.05) is 31.4 Å². The van der Waals surface area contributed by atoms with Gasteiger partial charge in [-0.05, 0) is 30.9 Å². The van der Waals surface area contributed by atoms with Crippen molar-refractivity contribution >= 4 is 18.3 Å². The predicted molar refractivity (Wildman–Crippen MR) is 82.9 cm³/mol. The number of nitrogens with two attached hydrogens (primary N) is 1. The molecule has 1 aromatic heterocycles. The number of rotatable bonds is 3. The summed E-state index contributed by atoms with van der Waals surface area (Å²) in [4.78, 5) is 18.5. The molecule has 112 valence electrons. The van der Waals surface area contributed by atoms with Crippen LogP contribution in [0.1, 0.15) is 48.7 Å². The Morgan fingerprint density at radius 1 is 1.45 bits per heavy atom. The van der Waals surface area contributed by atoms with Crippen LogP contribution in [0, 0.1) is 5.92 Å². The fourth-order valence-electron chi connectivity index (χ4n) is 2.95. The molecule has 2 unspecified atom stereocenters. The van der Waals surface area contributed by atoms with Crippen LogP contribution in [0.15, 0.2) is 18.3 Å². The van der Waals surface area contributed by atoms with E-state index in [4.69, 9.17) is 5.73 Å². The number of amides is 1. The minimum Gasteiger partial charge on any atom is -0.338 e. The van der Waals surface area contributed by atoms with Crippen molar-refractivity contribution in [3.8, 4) is 0 Å². The molecule has 1 amide bonds. The number of nitrogens with zero attached hydrogens (tertiary/aromatic N) is 2. The number of carbonyl (C=O) groups is 1. The van der Waals surface area contributed by atoms with E-state index in [-0.39, 0.29) is 18.3 Å². The van der Waals surface area contributed by atoms with Crippen LogP contribution in [0.3, 0.4) is 0 Å². The zero-order chi connectivity index (χ0) is 13.8. The van der Waals surface area contributed by atoms with Crippen LogP contribution in [0.5, 0.6) is 0 Å². The van der Waals surface area contributed by atoms with Crippen LogP contribution in [-0.2, 0) is 6.54 Å². The van der Waals surface area contributed by atoms with E-state index in [1.807, 2.05) is 11.9 Å². The summed E-state index contributed by atoms with van der Waals surface area (Å²) in [6.45, 7) is 2.61. The SMILES string of the molecule is CC1CCCCC1N(C)C(=O)c1ccnc(CN)c1.Cl. The van der Waals surface area contributed by atoms with E-state index < -0.39 is 0 Å². The Morgan fingerprint density at radius 2 is 2.15 bits per heavy atom. The average molecular weight is 298 g/mol. The molecule has 1 aliphatic carbocycles. The maximum Gasteiger partial charge on any atom is 0.253 e. The van der Waals surface area contributed by atoms with Crippen molar-refractivity contribution in [1.29, 1.82) is 0 Å². The molecule has 1 fully saturated rings. The molecule has 5 heteroatoms. The van der Waals surface area contributed by atoms with Crippen molar-refractivity contribution in [3.63, 3.8) is 0 Å². The van der Waals surface area contributed by atoms with Crippen LogP contribution in [-0.4, -0.2) is 28.9 Å². The normalized spacial score (nSPS) is 21.9. The minimum absolute atomic E-state index is 0. The molecule has 0 bridgehead atoms. The summed E-state index contributed by atoms with van der Waals surface area (Å²) in [5.41, 5.74) is 7.02. The van der Waals surface area contributed by atoms with Gasteiger partial charge in [0.1, 0.15) is 0 Å². The Morgan fingerprint density at radius 3 is 2.80 bits per heavy atom. The number of pyridine rings is 1. The van der Waals surface area contributed by atoms with Gasteiger partial charge in [-0.3, -0.25) is 9.78 Å². The second-order valence-electron chi connectivity index (χ2n) is 5.49. The summed E-state index contributed by atoms with van der Waals surface area (Å²) < 4.78 is 0. The van der Waals surface area contributed by atoms with E-state index in [1.54, 1.807) is 18.3 Å². The van der Waals surface area contributed by atoms with Gasteiger partial charge < -0.3 is 10.6 Å². The highest BCUT2D eigenvalue weighted by atomic mass is 35.5. The zero-order valence-corrected chi connectivity index (χ0v) is 13.0. The summed E-state index contributed by atoms with van der Waals surface area (Å²) in [7, 11) is 1.91. The number of carbonyl (C=O) groups excluding carboxylic acids is 1. The van der Waals surface area contributed by atoms with Crippen molar-refractivity contribution in [3.05, 3.63) is 29.6 Å². The molecule has 1 aromatic rings. The van der Waals surface area contributed by atoms with Crippen molar-refractivity contribution < 1.29 is 4.79 Å². The Labute approximate surface area is 127 Å². The Kier molecular flexibility index (Phi) is 6.43. The molecule has 0 radical (unpaired) electrons. The number of hydrogen-bond donors (Lipinski definition) is 1. The second kappa shape index (κ2) is 7.60. The van der Waals surface area contributed by atoms with E-state index in [2.05, 4.69) is 11.9 Å². The number of hydrogen-bond acceptors (Lipinski definition) is 3. The summed E-state index contributed by atoms with van der Waals surface area (Å²) in [6.07, 6.45) is 6.49. The molecule has 0 spiro atoms. The van der Waals surface area contributed by atoms with Crippen molar-refractivity contribution in [2.45, 2.75) is 45.2 Å². The van der Waals surface area contributed by atoms with Gasteiger partial charge >= 0.3 is 0 Å². The lowest BCUT2D eigenvalue weighted by Gasteiger charge is -2.36. The molecule has 0 aromatic carbocycles. The van der Waals surface area contributed by atoms with Gasteiger partial charge in [0.2, 0.25) is 0 Å². The van der Waals surface area contributed by atoms with Gasteiger partial charge in [-0.2, -0.15) is 0 Å². The van der Waals surface area contributed by atoms with Gasteiger partial charge in [-0.15, -0.1) is 12.4 Å². The van der Waals surface area contributed by atoms with Crippen molar-refractivity contribution in [2.24, 2.45) is 11.7 Å². The maximum absolute atomic E-state index is 12.5. The maximum atomic E-state index is 12.5. The lowest BCUT2D eigenvalue weighted by atomic mass is 9.85. The fourth-order valence-corrected chi connectivity index (χ4v) is 2.95. The van der Waals surface area contributed by atoms with E-state index in [0.29, 0.717) is 24.1 Å². The molecule has 1 aliphatic rings. The molecule has 4 nitrogen and oxygen atoms in total. The molecular formula is C15H24ClN3O. The largest absolute Gasteiger partial charge is 0.338 e. The minimum atomic E-state index is 0. The molecule has 20 heavy (non-hydrogen) atoms. The molecule has 1 heterocycles. The summed E-state index contributed by atoms with van der Waals surface area (Å²) in [6, 6.07) is 3.92. The van der Waals surface area contributed by atoms with Gasteiger partial charge in [-0.1, -0.05) is 19.8 Å². The molecule has 1 saturated carbocycles. The van der Waals surface area contributed by atoms with E-state index in [1.165, 1.54) is 19.3 Å². The van der Waals surface area contributed by atoms with Crippen LogP contribution >= 0.6 is 12.4 Å². The van der Waals surface area contributed by atoms with Crippen LogP contribution < -0.4 is 5.73 Å². The first-order valence-corrected chi connectivity index (χ1v) is 7.05. The number of halogens is 1. The summed E-state index contributed by atoms with van der Waals surface area (Å²) in [5, 5.41) is 0. The second-order valence-corrected chi connectivity index (χ2v) is 5.49. The zero-order valence-electron chi connectivity index (χ0n) is 12.2. The third-order valence-corrected chi connectivity index (χ3v) is 4.16. The van der Waals surface area contributed by atoms with Crippen LogP contribution in [0.4, 0.5) is 0 Å². The molecule has 2 rings (SSSR count). The highest BCUT2D eigenvalue weighted by Gasteiger charge is 2.28. The first kappa shape index (κ1) is 16.9. The summed E-state index contributed by atoms with van der Waals surface area (Å²) in [5.74, 6) is 0.661. The van der Waals surface area contributed by atoms with Crippen LogP contribution in [0.25, 0.3) is 0 Å². The lowest BCUT2D eigenvalue weighted by Crippen LogP contribution is -2.42. The van der Waals surface area contributed by atoms with E-state index in [9.17, 15) is 4.79 Å². The first-order valence-electron chi connectivity index (χ1n) is 7.05. The van der Waals surface area contributed by atoms with Crippen molar-refractivity contribution in [1.82, 2.24) is 9.88 Å². The highest BCUT2D eigenvalue weighted by Crippen LogP contribution is 2.28. The van der Waals surface area contributed by atoms with Gasteiger partial charge in [0.25, 0.3) is 5.91 Å².